The lowest BCUT2D eigenvalue weighted by Gasteiger charge is -2.07. The summed E-state index contributed by atoms with van der Waals surface area (Å²) in [4.78, 5) is 17.3. The minimum Gasteiger partial charge on any atom is -0.451 e. The molecule has 5 aromatic rings. The van der Waals surface area contributed by atoms with E-state index in [2.05, 4.69) is 36.3 Å². The Hall–Kier alpha value is -3.54. The number of nitrogens with zero attached hydrogens (tertiary/aromatic N) is 1. The molecule has 0 fully saturated rings. The van der Waals surface area contributed by atoms with Gasteiger partial charge in [-0.05, 0) is 84.6 Å². The number of anilines is 1. The molecule has 35 heavy (non-hydrogen) atoms. The second kappa shape index (κ2) is 9.61. The Balaban J connectivity index is 1.30. The Morgan fingerprint density at radius 1 is 0.971 bits per heavy atom. The van der Waals surface area contributed by atoms with Crippen molar-refractivity contribution < 1.29 is 13.6 Å². The summed E-state index contributed by atoms with van der Waals surface area (Å²) in [5.74, 6) is 1.30. The van der Waals surface area contributed by atoms with Crippen LogP contribution in [0, 0.1) is 0 Å². The fraction of sp³-hybridized carbons (Fsp3) is 0.143. The highest BCUT2D eigenvalue weighted by Crippen LogP contribution is 2.32. The number of furan rings is 1. The molecule has 0 radical (unpaired) electrons. The monoisotopic (exact) mass is 504 g/mol. The summed E-state index contributed by atoms with van der Waals surface area (Å²) >= 11 is 12.2. The fourth-order valence-corrected chi connectivity index (χ4v) is 4.29. The molecule has 0 spiro atoms. The molecule has 1 atom stereocenters. The van der Waals surface area contributed by atoms with Crippen molar-refractivity contribution in [2.45, 2.75) is 26.2 Å². The normalized spacial score (nSPS) is 12.1. The molecule has 7 heteroatoms. The predicted molar refractivity (Wildman–Crippen MR) is 140 cm³/mol. The first-order valence-corrected chi connectivity index (χ1v) is 12.0. The molecular formula is C28H22Cl2N2O3. The molecule has 2 aromatic heterocycles. The lowest BCUT2D eigenvalue weighted by molar-refractivity contribution is 0.0997. The van der Waals surface area contributed by atoms with Crippen LogP contribution in [0.1, 0.15) is 42.3 Å². The van der Waals surface area contributed by atoms with Crippen LogP contribution in [0.2, 0.25) is 10.0 Å². The molecule has 1 amide bonds. The third kappa shape index (κ3) is 4.83. The van der Waals surface area contributed by atoms with Crippen LogP contribution in [0.4, 0.5) is 5.69 Å². The van der Waals surface area contributed by atoms with Gasteiger partial charge >= 0.3 is 0 Å². The number of aromatic nitrogens is 1. The third-order valence-corrected chi connectivity index (χ3v) is 6.56. The van der Waals surface area contributed by atoms with Gasteiger partial charge in [0.25, 0.3) is 5.91 Å². The molecule has 3 aromatic carbocycles. The van der Waals surface area contributed by atoms with Gasteiger partial charge in [-0.15, -0.1) is 0 Å². The van der Waals surface area contributed by atoms with Crippen molar-refractivity contribution in [3.8, 4) is 22.8 Å². The summed E-state index contributed by atoms with van der Waals surface area (Å²) in [5, 5.41) is 3.82. The number of nitrogens with one attached hydrogen (secondary N) is 1. The zero-order chi connectivity index (χ0) is 24.5. The number of carbonyl (C=O) groups excluding carboxylic acids is 1. The molecule has 0 aliphatic rings. The smallest absolute Gasteiger partial charge is 0.291 e. The van der Waals surface area contributed by atoms with Crippen molar-refractivity contribution in [1.82, 2.24) is 4.98 Å². The van der Waals surface area contributed by atoms with E-state index in [9.17, 15) is 4.79 Å². The van der Waals surface area contributed by atoms with E-state index >= 15 is 0 Å². The van der Waals surface area contributed by atoms with E-state index in [1.807, 2.05) is 18.2 Å². The van der Waals surface area contributed by atoms with Gasteiger partial charge < -0.3 is 14.2 Å². The van der Waals surface area contributed by atoms with Crippen LogP contribution in [-0.4, -0.2) is 10.9 Å². The Kier molecular flexibility index (Phi) is 6.37. The summed E-state index contributed by atoms with van der Waals surface area (Å²) in [5.41, 5.74) is 4.94. The molecule has 5 rings (SSSR count). The second-order valence-electron chi connectivity index (χ2n) is 8.38. The van der Waals surface area contributed by atoms with Gasteiger partial charge in [-0.1, -0.05) is 43.1 Å². The lowest BCUT2D eigenvalue weighted by Crippen LogP contribution is -2.10. The van der Waals surface area contributed by atoms with E-state index in [0.717, 1.165) is 23.1 Å². The van der Waals surface area contributed by atoms with Crippen molar-refractivity contribution >= 4 is 45.9 Å². The number of benzene rings is 3. The summed E-state index contributed by atoms with van der Waals surface area (Å²) in [7, 11) is 0. The predicted octanol–water partition coefficient (Wildman–Crippen LogP) is 8.83. The number of rotatable bonds is 6. The first-order chi connectivity index (χ1) is 16.9. The van der Waals surface area contributed by atoms with E-state index in [1.54, 1.807) is 42.5 Å². The van der Waals surface area contributed by atoms with Gasteiger partial charge in [0.05, 0.1) is 5.02 Å². The van der Waals surface area contributed by atoms with Gasteiger partial charge in [-0.25, -0.2) is 4.98 Å². The summed E-state index contributed by atoms with van der Waals surface area (Å²) in [6.07, 6.45) is 1.07. The van der Waals surface area contributed by atoms with E-state index < -0.39 is 0 Å². The number of oxazole rings is 1. The zero-order valence-electron chi connectivity index (χ0n) is 19.1. The second-order valence-corrected chi connectivity index (χ2v) is 9.22. The number of halogens is 2. The SMILES string of the molecule is CC[C@@H](C)c1ccc2oc(-c3ccc(NC(=O)c4ccc(-c5ccc(Cl)cc5Cl)o4)cc3)nc2c1. The molecule has 0 aliphatic carbocycles. The van der Waals surface area contributed by atoms with Gasteiger partial charge in [0, 0.05) is 21.8 Å². The first kappa shape index (κ1) is 23.2. The maximum Gasteiger partial charge on any atom is 0.291 e. The number of hydrogen-bond donors (Lipinski definition) is 1. The van der Waals surface area contributed by atoms with Crippen molar-refractivity contribution in [3.63, 3.8) is 0 Å². The van der Waals surface area contributed by atoms with Crippen molar-refractivity contribution in [3.05, 3.63) is 94.2 Å². The summed E-state index contributed by atoms with van der Waals surface area (Å²) in [6.45, 7) is 4.37. The van der Waals surface area contributed by atoms with Crippen LogP contribution in [-0.2, 0) is 0 Å². The van der Waals surface area contributed by atoms with E-state index in [0.29, 0.717) is 38.9 Å². The minimum absolute atomic E-state index is 0.172. The standard InChI is InChI=1S/C28H22Cl2N2O3/c1-3-16(2)18-6-11-25-23(14-18)32-28(35-25)17-4-8-20(9-5-17)31-27(33)26-13-12-24(34-26)21-10-7-19(29)15-22(21)30/h4-16H,3H2,1-2H3,(H,31,33)/t16-/m1/s1. The molecule has 176 valence electrons. The lowest BCUT2D eigenvalue weighted by atomic mass is 9.98. The minimum atomic E-state index is -0.367. The molecule has 0 unspecified atom stereocenters. The van der Waals surface area contributed by atoms with Gasteiger partial charge in [-0.2, -0.15) is 0 Å². The summed E-state index contributed by atoms with van der Waals surface area (Å²) < 4.78 is 11.7. The molecule has 0 saturated heterocycles. The number of fused-ring (bicyclic) bond motifs is 1. The van der Waals surface area contributed by atoms with Crippen molar-refractivity contribution in [2.24, 2.45) is 0 Å². The van der Waals surface area contributed by atoms with E-state index in [-0.39, 0.29) is 11.7 Å². The fourth-order valence-electron chi connectivity index (χ4n) is 3.79. The molecule has 2 heterocycles. The molecular weight excluding hydrogens is 483 g/mol. The van der Waals surface area contributed by atoms with Crippen LogP contribution in [0.15, 0.2) is 81.6 Å². The average molecular weight is 505 g/mol. The van der Waals surface area contributed by atoms with Gasteiger partial charge in [0.15, 0.2) is 11.3 Å². The first-order valence-electron chi connectivity index (χ1n) is 11.3. The zero-order valence-corrected chi connectivity index (χ0v) is 20.7. The molecule has 1 N–H and O–H groups in total. The molecule has 0 aliphatic heterocycles. The van der Waals surface area contributed by atoms with Gasteiger partial charge in [0.1, 0.15) is 11.3 Å². The Labute approximate surface area is 212 Å². The molecule has 5 nitrogen and oxygen atoms in total. The van der Waals surface area contributed by atoms with Crippen LogP contribution in [0.25, 0.3) is 33.9 Å². The average Bonchev–Trinajstić information content (AvgIpc) is 3.51. The number of hydrogen-bond acceptors (Lipinski definition) is 4. The van der Waals surface area contributed by atoms with Gasteiger partial charge in [0.2, 0.25) is 5.89 Å². The number of amides is 1. The topological polar surface area (TPSA) is 68.3 Å². The maximum absolute atomic E-state index is 12.7. The highest BCUT2D eigenvalue weighted by atomic mass is 35.5. The maximum atomic E-state index is 12.7. The van der Waals surface area contributed by atoms with Crippen LogP contribution < -0.4 is 5.32 Å². The summed E-state index contributed by atoms with van der Waals surface area (Å²) in [6, 6.07) is 21.9. The molecule has 0 saturated carbocycles. The van der Waals surface area contributed by atoms with Crippen molar-refractivity contribution in [2.75, 3.05) is 5.32 Å². The Bertz CT molecular complexity index is 1520. The number of carbonyl (C=O) groups is 1. The third-order valence-electron chi connectivity index (χ3n) is 6.01. The Morgan fingerprint density at radius 3 is 2.51 bits per heavy atom. The van der Waals surface area contributed by atoms with Crippen molar-refractivity contribution in [1.29, 1.82) is 0 Å². The molecule has 0 bridgehead atoms. The van der Waals surface area contributed by atoms with Crippen LogP contribution >= 0.6 is 23.2 Å². The largest absolute Gasteiger partial charge is 0.451 e. The quantitative estimate of drug-likeness (QED) is 0.250. The Morgan fingerprint density at radius 2 is 1.77 bits per heavy atom. The highest BCUT2D eigenvalue weighted by molar-refractivity contribution is 6.36. The van der Waals surface area contributed by atoms with Crippen LogP contribution in [0.5, 0.6) is 0 Å². The highest BCUT2D eigenvalue weighted by Gasteiger charge is 2.15. The van der Waals surface area contributed by atoms with Gasteiger partial charge in [-0.3, -0.25) is 4.79 Å². The van der Waals surface area contributed by atoms with E-state index in [4.69, 9.17) is 32.0 Å². The van der Waals surface area contributed by atoms with E-state index in [1.165, 1.54) is 5.56 Å². The van der Waals surface area contributed by atoms with Crippen LogP contribution in [0.3, 0.4) is 0 Å².